The quantitative estimate of drug-likeness (QED) is 0.0803. The topological polar surface area (TPSA) is 140 Å². The molecule has 4 unspecified atom stereocenters. The summed E-state index contributed by atoms with van der Waals surface area (Å²) in [5.74, 6) is -2.41. The van der Waals surface area contributed by atoms with Gasteiger partial charge in [0, 0.05) is 5.30 Å². The van der Waals surface area contributed by atoms with Crippen LogP contribution in [0.1, 0.15) is 49.7 Å². The van der Waals surface area contributed by atoms with Crippen molar-refractivity contribution >= 4 is 34.7 Å². The minimum absolute atomic E-state index is 0.00967. The molecule has 0 bridgehead atoms. The highest BCUT2D eigenvalue weighted by molar-refractivity contribution is 7.90. The van der Waals surface area contributed by atoms with Crippen LogP contribution < -0.4 is 20.4 Å². The minimum Gasteiger partial charge on any atom is -0.465 e. The normalized spacial score (nSPS) is 14.6. The molecule has 0 heterocycles. The number of hydrogen-bond donors (Lipinski definition) is 3. The van der Waals surface area contributed by atoms with Crippen LogP contribution in [-0.4, -0.2) is 44.9 Å². The highest BCUT2D eigenvalue weighted by atomic mass is 32.2. The van der Waals surface area contributed by atoms with E-state index < -0.39 is 53.0 Å². The average Bonchev–Trinajstić information content (AvgIpc) is 3.11. The molecule has 12 heteroatoms. The van der Waals surface area contributed by atoms with E-state index in [-0.39, 0.29) is 25.6 Å². The maximum atomic E-state index is 15.5. The number of ether oxygens (including phenoxy) is 2. The third kappa shape index (κ3) is 11.7. The summed E-state index contributed by atoms with van der Waals surface area (Å²) in [7, 11) is -8.32. The van der Waals surface area contributed by atoms with Gasteiger partial charge in [-0.3, -0.25) is 9.36 Å². The Morgan fingerprint density at radius 2 is 1.30 bits per heavy atom. The molecule has 50 heavy (non-hydrogen) atoms. The highest BCUT2D eigenvalue weighted by Gasteiger charge is 2.42. The van der Waals surface area contributed by atoms with Gasteiger partial charge in [-0.2, -0.15) is 4.72 Å². The Kier molecular flexibility index (Phi) is 14.4. The predicted molar refractivity (Wildman–Crippen MR) is 196 cm³/mol. The van der Waals surface area contributed by atoms with E-state index in [9.17, 15) is 18.0 Å². The van der Waals surface area contributed by atoms with Gasteiger partial charge in [-0.25, -0.2) is 18.3 Å². The molecule has 0 aliphatic carbocycles. The number of sulfonamides is 1. The summed E-state index contributed by atoms with van der Waals surface area (Å²) < 4.78 is 57.5. The Balaban J connectivity index is 1.69. The van der Waals surface area contributed by atoms with Crippen molar-refractivity contribution < 1.29 is 32.0 Å². The zero-order valence-corrected chi connectivity index (χ0v) is 30.3. The van der Waals surface area contributed by atoms with Crippen LogP contribution in [0.25, 0.3) is 0 Å². The molecule has 10 nitrogen and oxygen atoms in total. The second-order valence-corrected chi connectivity index (χ2v) is 16.8. The van der Waals surface area contributed by atoms with E-state index >= 15 is 4.57 Å². The Bertz CT molecular complexity index is 1800. The first-order chi connectivity index (χ1) is 24.0. The van der Waals surface area contributed by atoms with Crippen LogP contribution in [-0.2, 0) is 41.9 Å². The summed E-state index contributed by atoms with van der Waals surface area (Å²) in [5, 5.41) is 6.17. The number of carbonyl (C=O) groups is 2. The second-order valence-electron chi connectivity index (χ2n) is 12.4. The molecule has 0 spiro atoms. The Morgan fingerprint density at radius 1 is 0.760 bits per heavy atom. The molecular weight excluding hydrogens is 673 g/mol. The maximum Gasteiger partial charge on any atom is 0.407 e. The van der Waals surface area contributed by atoms with Gasteiger partial charge in [0.15, 0.2) is 7.29 Å². The number of nitrogens with one attached hydrogen (secondary N) is 3. The summed E-state index contributed by atoms with van der Waals surface area (Å²) in [6.07, 6.45) is -0.281. The molecule has 0 saturated heterocycles. The Morgan fingerprint density at radius 3 is 1.86 bits per heavy atom. The van der Waals surface area contributed by atoms with E-state index in [0.717, 1.165) is 11.1 Å². The predicted octanol–water partition coefficient (Wildman–Crippen LogP) is 6.31. The zero-order chi connectivity index (χ0) is 36.0. The van der Waals surface area contributed by atoms with E-state index in [1.54, 1.807) is 67.6 Å². The second kappa shape index (κ2) is 18.6. The molecule has 4 atom stereocenters. The summed E-state index contributed by atoms with van der Waals surface area (Å²) in [6, 6.07) is 33.5. The van der Waals surface area contributed by atoms with Crippen LogP contribution in [0.5, 0.6) is 0 Å². The third-order valence-corrected chi connectivity index (χ3v) is 12.3. The van der Waals surface area contributed by atoms with E-state index in [1.165, 1.54) is 0 Å². The lowest BCUT2D eigenvalue weighted by molar-refractivity contribution is -0.145. The van der Waals surface area contributed by atoms with Crippen molar-refractivity contribution in [3.63, 3.8) is 0 Å². The van der Waals surface area contributed by atoms with Gasteiger partial charge in [-0.05, 0) is 42.4 Å². The van der Waals surface area contributed by atoms with E-state index in [2.05, 4.69) is 15.1 Å². The van der Waals surface area contributed by atoms with Gasteiger partial charge in [-0.1, -0.05) is 135 Å². The average molecular weight is 720 g/mol. The van der Waals surface area contributed by atoms with Gasteiger partial charge in [-0.15, -0.1) is 0 Å². The van der Waals surface area contributed by atoms with Gasteiger partial charge in [0.1, 0.15) is 18.4 Å². The molecule has 0 aromatic heterocycles. The van der Waals surface area contributed by atoms with Crippen LogP contribution in [0.4, 0.5) is 4.79 Å². The van der Waals surface area contributed by atoms with E-state index in [1.807, 2.05) is 74.5 Å². The zero-order valence-electron chi connectivity index (χ0n) is 28.6. The van der Waals surface area contributed by atoms with Crippen molar-refractivity contribution in [2.45, 2.75) is 58.1 Å². The number of rotatable bonds is 18. The lowest BCUT2D eigenvalue weighted by Gasteiger charge is -2.33. The van der Waals surface area contributed by atoms with Crippen molar-refractivity contribution in [2.24, 2.45) is 5.92 Å². The summed E-state index contributed by atoms with van der Waals surface area (Å²) in [4.78, 5) is 26.2. The SMILES string of the molecule is CCOC(=O)C(CC(C)C)NP(=O)(c1ccccc1)C(NS(=O)(=O)CC(Cc1ccccc1)NC(=O)OCc1ccccc1)c1ccccc1. The fourth-order valence-corrected chi connectivity index (χ4v) is 10.4. The molecule has 0 saturated carbocycles. The number of hydrogen-bond acceptors (Lipinski definition) is 7. The molecule has 4 aromatic rings. The van der Waals surface area contributed by atoms with Crippen molar-refractivity contribution in [3.8, 4) is 0 Å². The highest BCUT2D eigenvalue weighted by Crippen LogP contribution is 2.54. The first-order valence-corrected chi connectivity index (χ1v) is 20.1. The van der Waals surface area contributed by atoms with Crippen LogP contribution in [0.15, 0.2) is 121 Å². The number of amides is 1. The molecule has 0 fully saturated rings. The minimum atomic E-state index is -4.29. The Labute approximate surface area is 295 Å². The van der Waals surface area contributed by atoms with E-state index in [0.29, 0.717) is 17.3 Å². The molecule has 266 valence electrons. The number of esters is 1. The van der Waals surface area contributed by atoms with Crippen LogP contribution in [0.2, 0.25) is 0 Å². The maximum absolute atomic E-state index is 15.5. The smallest absolute Gasteiger partial charge is 0.407 e. The molecule has 4 rings (SSSR count). The molecule has 0 aliphatic heterocycles. The van der Waals surface area contributed by atoms with E-state index in [4.69, 9.17) is 9.47 Å². The van der Waals surface area contributed by atoms with Gasteiger partial charge < -0.3 is 14.8 Å². The van der Waals surface area contributed by atoms with Crippen LogP contribution in [0, 0.1) is 5.92 Å². The number of alkyl carbamates (subject to hydrolysis) is 1. The molecule has 3 N–H and O–H groups in total. The number of benzene rings is 4. The van der Waals surface area contributed by atoms with Crippen LogP contribution >= 0.6 is 7.29 Å². The molecule has 0 radical (unpaired) electrons. The molecule has 1 amide bonds. The lowest BCUT2D eigenvalue weighted by atomic mass is 10.1. The summed E-state index contributed by atoms with van der Waals surface area (Å²) in [5.41, 5.74) is 2.01. The molecule has 4 aromatic carbocycles. The summed E-state index contributed by atoms with van der Waals surface area (Å²) >= 11 is 0. The first kappa shape index (κ1) is 38.5. The first-order valence-electron chi connectivity index (χ1n) is 16.6. The van der Waals surface area contributed by atoms with Gasteiger partial charge in [0.25, 0.3) is 0 Å². The third-order valence-electron chi connectivity index (χ3n) is 7.82. The fourth-order valence-electron chi connectivity index (χ4n) is 5.55. The van der Waals surface area contributed by atoms with Crippen LogP contribution in [0.3, 0.4) is 0 Å². The summed E-state index contributed by atoms with van der Waals surface area (Å²) in [6.45, 7) is 5.70. The van der Waals surface area contributed by atoms with Crippen molar-refractivity contribution in [1.82, 2.24) is 15.1 Å². The van der Waals surface area contributed by atoms with Crippen molar-refractivity contribution in [3.05, 3.63) is 138 Å². The largest absolute Gasteiger partial charge is 0.465 e. The number of carbonyl (C=O) groups excluding carboxylic acids is 2. The fraction of sp³-hybridized carbons (Fsp3) is 0.316. The standard InChI is InChI=1S/C38H46N3O7PS/c1-4-47-37(42)35(25-29(2)3)40-49(44,34-23-15-8-16-24-34)36(32-21-13-7-14-22-32)41-50(45,46)28-33(26-30-17-9-5-10-18-30)39-38(43)48-27-31-19-11-6-12-20-31/h5-24,29,33,35-36,41H,4,25-28H2,1-3H3,(H,39,43)(H,40,44). The van der Waals surface area contributed by atoms with Gasteiger partial charge in [0.2, 0.25) is 10.0 Å². The van der Waals surface area contributed by atoms with Gasteiger partial charge in [0.05, 0.1) is 18.4 Å². The molecule has 0 aliphatic rings. The van der Waals surface area contributed by atoms with Crippen molar-refractivity contribution in [1.29, 1.82) is 0 Å². The van der Waals surface area contributed by atoms with Gasteiger partial charge >= 0.3 is 12.1 Å². The lowest BCUT2D eigenvalue weighted by Crippen LogP contribution is -2.47. The van der Waals surface area contributed by atoms with Crippen molar-refractivity contribution in [2.75, 3.05) is 12.4 Å². The Hall–Kier alpha value is -4.28. The molecular formula is C38H46N3O7PS. The monoisotopic (exact) mass is 719 g/mol.